The lowest BCUT2D eigenvalue weighted by molar-refractivity contribution is -0.0399. The maximum absolute atomic E-state index is 3.74. The Morgan fingerprint density at radius 2 is 1.11 bits per heavy atom. The summed E-state index contributed by atoms with van der Waals surface area (Å²) in [5, 5.41) is 3.74. The molecule has 1 N–H and O–H groups in total. The highest BCUT2D eigenvalue weighted by atomic mass is 14.9. The smallest absolute Gasteiger partial charge is 0.0387 e. The maximum Gasteiger partial charge on any atom is 0.0387 e. The molecule has 172 valence electrons. The van der Waals surface area contributed by atoms with Gasteiger partial charge in [0.15, 0.2) is 0 Å². The monoisotopic (exact) mass is 453 g/mol. The summed E-state index contributed by atoms with van der Waals surface area (Å²) < 4.78 is 0. The minimum absolute atomic E-state index is 0.230. The van der Waals surface area contributed by atoms with Gasteiger partial charge in [0.1, 0.15) is 0 Å². The molecular weight excluding hydrogens is 422 g/mol. The number of benzene rings is 4. The van der Waals surface area contributed by atoms with Crippen LogP contribution in [-0.4, -0.2) is 0 Å². The number of hydrogen-bond donors (Lipinski definition) is 1. The number of fused-ring (bicyclic) bond motifs is 3. The van der Waals surface area contributed by atoms with Crippen molar-refractivity contribution in [1.82, 2.24) is 0 Å². The predicted octanol–water partition coefficient (Wildman–Crippen LogP) is 8.82. The summed E-state index contributed by atoms with van der Waals surface area (Å²) in [7, 11) is 0. The second kappa shape index (κ2) is 7.34. The summed E-state index contributed by atoms with van der Waals surface area (Å²) in [6.07, 6.45) is 7.22. The third kappa shape index (κ3) is 2.82. The first-order chi connectivity index (χ1) is 17.3. The van der Waals surface area contributed by atoms with E-state index in [4.69, 9.17) is 0 Å². The highest BCUT2D eigenvalue weighted by molar-refractivity contribution is 5.84. The lowest BCUT2D eigenvalue weighted by Crippen LogP contribution is -2.55. The van der Waals surface area contributed by atoms with Crippen molar-refractivity contribution in [3.05, 3.63) is 108 Å². The quantitative estimate of drug-likeness (QED) is 0.327. The van der Waals surface area contributed by atoms with E-state index in [0.29, 0.717) is 0 Å². The van der Waals surface area contributed by atoms with Gasteiger partial charge < -0.3 is 5.32 Å². The van der Waals surface area contributed by atoms with E-state index in [1.165, 1.54) is 60.0 Å². The summed E-state index contributed by atoms with van der Waals surface area (Å²) in [6.45, 7) is 0. The molecule has 0 aromatic heterocycles. The van der Waals surface area contributed by atoms with E-state index >= 15 is 0 Å². The zero-order valence-electron chi connectivity index (χ0n) is 20.1. The van der Waals surface area contributed by atoms with Crippen LogP contribution in [0.15, 0.2) is 97.1 Å². The summed E-state index contributed by atoms with van der Waals surface area (Å²) >= 11 is 0. The molecule has 4 aromatic rings. The van der Waals surface area contributed by atoms with E-state index < -0.39 is 0 Å². The molecular formula is C34H31N. The summed E-state index contributed by atoms with van der Waals surface area (Å²) in [5.41, 5.74) is 11.3. The molecule has 5 aliphatic carbocycles. The van der Waals surface area contributed by atoms with Crippen LogP contribution in [0.2, 0.25) is 0 Å². The Balaban J connectivity index is 1.19. The average Bonchev–Trinajstić information content (AvgIpc) is 3.18. The van der Waals surface area contributed by atoms with Crippen LogP contribution < -0.4 is 5.32 Å². The fraction of sp³-hybridized carbons (Fsp3) is 0.294. The Hall–Kier alpha value is -3.32. The summed E-state index contributed by atoms with van der Waals surface area (Å²) in [5.74, 6) is 3.57. The molecule has 0 heterocycles. The van der Waals surface area contributed by atoms with Crippen molar-refractivity contribution in [3.63, 3.8) is 0 Å². The molecule has 0 aliphatic heterocycles. The van der Waals surface area contributed by atoms with E-state index in [1.54, 1.807) is 11.1 Å². The van der Waals surface area contributed by atoms with Crippen LogP contribution in [0.3, 0.4) is 0 Å². The molecule has 0 amide bonds. The molecule has 1 nitrogen and oxygen atoms in total. The maximum atomic E-state index is 3.74. The standard InChI is InChI=1S/C34H31N/c1-2-6-24(7-3-1)25-10-12-28(13-11-25)35-29-14-15-31-30-8-4-5-9-32(30)34(33(31)21-29)26-17-22-16-23(19-26)20-27(34)18-22/h1-15,21-23,26-27,35H,16-20H2. The molecule has 0 unspecified atom stereocenters. The minimum Gasteiger partial charge on any atom is -0.356 e. The van der Waals surface area contributed by atoms with E-state index in [0.717, 1.165) is 29.4 Å². The van der Waals surface area contributed by atoms with Gasteiger partial charge in [-0.05, 0) is 113 Å². The molecule has 4 aromatic carbocycles. The average molecular weight is 454 g/mol. The van der Waals surface area contributed by atoms with Gasteiger partial charge in [-0.1, -0.05) is 72.8 Å². The SMILES string of the molecule is c1ccc(-c2ccc(Nc3ccc4c(c3)C3(c5ccccc5-4)C4CC5CC(C4)CC3C5)cc2)cc1. The zero-order valence-corrected chi connectivity index (χ0v) is 20.1. The van der Waals surface area contributed by atoms with Crippen molar-refractivity contribution in [2.45, 2.75) is 37.5 Å². The van der Waals surface area contributed by atoms with E-state index in [9.17, 15) is 0 Å². The van der Waals surface area contributed by atoms with Gasteiger partial charge in [-0.3, -0.25) is 0 Å². The third-order valence-electron chi connectivity index (χ3n) is 9.83. The molecule has 35 heavy (non-hydrogen) atoms. The van der Waals surface area contributed by atoms with Gasteiger partial charge >= 0.3 is 0 Å². The fourth-order valence-electron chi connectivity index (χ4n) is 8.77. The van der Waals surface area contributed by atoms with Crippen LogP contribution in [0.5, 0.6) is 0 Å². The van der Waals surface area contributed by atoms with Crippen molar-refractivity contribution in [1.29, 1.82) is 0 Å². The topological polar surface area (TPSA) is 12.0 Å². The first kappa shape index (κ1) is 19.9. The molecule has 1 heteroatoms. The normalized spacial score (nSPS) is 29.3. The van der Waals surface area contributed by atoms with E-state index in [-0.39, 0.29) is 5.41 Å². The lowest BCUT2D eigenvalue weighted by Gasteiger charge is -2.61. The van der Waals surface area contributed by atoms with Crippen molar-refractivity contribution in [2.75, 3.05) is 5.32 Å². The molecule has 4 saturated carbocycles. The van der Waals surface area contributed by atoms with Gasteiger partial charge in [0.05, 0.1) is 0 Å². The number of rotatable bonds is 3. The van der Waals surface area contributed by atoms with Crippen LogP contribution in [-0.2, 0) is 5.41 Å². The van der Waals surface area contributed by atoms with Crippen LogP contribution in [0.1, 0.15) is 43.2 Å². The van der Waals surface area contributed by atoms with Gasteiger partial charge in [-0.15, -0.1) is 0 Å². The fourth-order valence-corrected chi connectivity index (χ4v) is 8.77. The first-order valence-electron chi connectivity index (χ1n) is 13.5. The second-order valence-electron chi connectivity index (χ2n) is 11.5. The zero-order chi connectivity index (χ0) is 23.0. The Labute approximate surface area is 208 Å². The van der Waals surface area contributed by atoms with Crippen LogP contribution in [0.25, 0.3) is 22.3 Å². The predicted molar refractivity (Wildman–Crippen MR) is 145 cm³/mol. The lowest BCUT2D eigenvalue weighted by atomic mass is 9.43. The second-order valence-corrected chi connectivity index (χ2v) is 11.5. The van der Waals surface area contributed by atoms with Gasteiger partial charge in [-0.2, -0.15) is 0 Å². The molecule has 0 atom stereocenters. The van der Waals surface area contributed by atoms with Crippen molar-refractivity contribution in [2.24, 2.45) is 23.7 Å². The molecule has 4 fully saturated rings. The molecule has 5 aliphatic rings. The highest BCUT2D eigenvalue weighted by Gasteiger charge is 2.61. The van der Waals surface area contributed by atoms with Crippen LogP contribution in [0, 0.1) is 23.7 Å². The Bertz CT molecular complexity index is 1390. The van der Waals surface area contributed by atoms with Crippen molar-refractivity contribution >= 4 is 11.4 Å². The molecule has 9 rings (SSSR count). The van der Waals surface area contributed by atoms with Gasteiger partial charge in [0.2, 0.25) is 0 Å². The highest BCUT2D eigenvalue weighted by Crippen LogP contribution is 2.69. The molecule has 0 radical (unpaired) electrons. The summed E-state index contributed by atoms with van der Waals surface area (Å²) in [4.78, 5) is 0. The molecule has 0 saturated heterocycles. The largest absolute Gasteiger partial charge is 0.356 e. The van der Waals surface area contributed by atoms with Gasteiger partial charge in [-0.25, -0.2) is 0 Å². The summed E-state index contributed by atoms with van der Waals surface area (Å²) in [6, 6.07) is 36.0. The van der Waals surface area contributed by atoms with Crippen molar-refractivity contribution < 1.29 is 0 Å². The minimum atomic E-state index is 0.230. The number of anilines is 2. The Morgan fingerprint density at radius 1 is 0.514 bits per heavy atom. The number of nitrogens with one attached hydrogen (secondary N) is 1. The van der Waals surface area contributed by atoms with Crippen LogP contribution in [0.4, 0.5) is 11.4 Å². The van der Waals surface area contributed by atoms with E-state index in [1.807, 2.05) is 0 Å². The van der Waals surface area contributed by atoms with Gasteiger partial charge in [0.25, 0.3) is 0 Å². The van der Waals surface area contributed by atoms with Crippen LogP contribution >= 0.6 is 0 Å². The Kier molecular flexibility index (Phi) is 4.18. The Morgan fingerprint density at radius 3 is 1.86 bits per heavy atom. The first-order valence-corrected chi connectivity index (χ1v) is 13.5. The number of hydrogen-bond acceptors (Lipinski definition) is 1. The molecule has 1 spiro atoms. The van der Waals surface area contributed by atoms with Gasteiger partial charge in [0, 0.05) is 16.8 Å². The third-order valence-corrected chi connectivity index (χ3v) is 9.83. The van der Waals surface area contributed by atoms with Crippen molar-refractivity contribution in [3.8, 4) is 22.3 Å². The molecule has 4 bridgehead atoms. The van der Waals surface area contributed by atoms with E-state index in [2.05, 4.69) is 102 Å².